The van der Waals surface area contributed by atoms with Crippen molar-refractivity contribution in [2.45, 2.75) is 52.4 Å². The third-order valence-electron chi connectivity index (χ3n) is 5.16. The molecule has 4 heteroatoms. The van der Waals surface area contributed by atoms with Crippen molar-refractivity contribution in [1.29, 1.82) is 0 Å². The fourth-order valence-corrected chi connectivity index (χ4v) is 3.37. The topological polar surface area (TPSA) is 55.8 Å². The van der Waals surface area contributed by atoms with E-state index >= 15 is 0 Å². The molecule has 0 aliphatic carbocycles. The minimum absolute atomic E-state index is 0.0790. The molecule has 2 unspecified atom stereocenters. The van der Waals surface area contributed by atoms with Gasteiger partial charge in [-0.2, -0.15) is 0 Å². The van der Waals surface area contributed by atoms with E-state index in [0.717, 1.165) is 24.0 Å². The Bertz CT molecular complexity index is 782. The molecule has 0 aromatic heterocycles. The van der Waals surface area contributed by atoms with Crippen LogP contribution in [0.15, 0.2) is 36.4 Å². The fraction of sp³-hybridized carbons (Fsp3) is 0.435. The second-order valence-corrected chi connectivity index (χ2v) is 7.18. The van der Waals surface area contributed by atoms with E-state index in [2.05, 4.69) is 36.8 Å². The molecular formula is C23H30O4. The van der Waals surface area contributed by atoms with E-state index < -0.39 is 0 Å². The van der Waals surface area contributed by atoms with E-state index in [1.165, 1.54) is 18.2 Å². The van der Waals surface area contributed by atoms with Gasteiger partial charge in [0.25, 0.3) is 0 Å². The third kappa shape index (κ3) is 5.49. The Balaban J connectivity index is 2.09. The van der Waals surface area contributed by atoms with Crippen molar-refractivity contribution in [3.8, 4) is 11.5 Å². The van der Waals surface area contributed by atoms with Gasteiger partial charge in [-0.3, -0.25) is 0 Å². The minimum Gasteiger partial charge on any atom is -0.508 e. The molecule has 4 nitrogen and oxygen atoms in total. The van der Waals surface area contributed by atoms with Gasteiger partial charge in [0, 0.05) is 0 Å². The Hall–Kier alpha value is -2.49. The number of phenols is 1. The predicted molar refractivity (Wildman–Crippen MR) is 108 cm³/mol. The molecule has 2 atom stereocenters. The molecule has 0 fully saturated rings. The highest BCUT2D eigenvalue weighted by atomic mass is 16.6. The molecule has 0 aliphatic rings. The first-order chi connectivity index (χ1) is 12.8. The fourth-order valence-electron chi connectivity index (χ4n) is 3.37. The second kappa shape index (κ2) is 9.45. The van der Waals surface area contributed by atoms with Crippen molar-refractivity contribution in [3.05, 3.63) is 58.7 Å². The number of rotatable bonds is 8. The summed E-state index contributed by atoms with van der Waals surface area (Å²) in [7, 11) is 1.35. The largest absolute Gasteiger partial charge is 0.508 e. The van der Waals surface area contributed by atoms with Gasteiger partial charge in [0.05, 0.1) is 7.11 Å². The second-order valence-electron chi connectivity index (χ2n) is 7.18. The molecule has 146 valence electrons. The lowest BCUT2D eigenvalue weighted by atomic mass is 9.84. The molecule has 0 saturated carbocycles. The lowest BCUT2D eigenvalue weighted by Gasteiger charge is -2.22. The number of phenolic OH excluding ortho intramolecular Hbond substituents is 1. The van der Waals surface area contributed by atoms with Gasteiger partial charge in [0.2, 0.25) is 0 Å². The van der Waals surface area contributed by atoms with Gasteiger partial charge in [-0.1, -0.05) is 38.1 Å². The molecule has 0 aliphatic heterocycles. The maximum atomic E-state index is 11.2. The standard InChI is InChI=1S/C23H30O4/c1-6-18(20-7-9-21(24)16(3)12-20)11-15(2)19-8-10-22(17(4)13-19)27-14-23(25)26-5/h7-10,12-13,15,18,24H,6,11,14H2,1-5H3. The molecule has 0 bridgehead atoms. The van der Waals surface area contributed by atoms with E-state index in [0.29, 0.717) is 23.3 Å². The summed E-state index contributed by atoms with van der Waals surface area (Å²) in [4.78, 5) is 11.2. The summed E-state index contributed by atoms with van der Waals surface area (Å²) in [6.07, 6.45) is 2.08. The SMILES string of the molecule is CCC(CC(C)c1ccc(OCC(=O)OC)c(C)c1)c1ccc(O)c(C)c1. The quantitative estimate of drug-likeness (QED) is 0.645. The van der Waals surface area contributed by atoms with Gasteiger partial charge in [-0.05, 0) is 72.9 Å². The summed E-state index contributed by atoms with van der Waals surface area (Å²) in [6.45, 7) is 8.29. The van der Waals surface area contributed by atoms with Gasteiger partial charge >= 0.3 is 5.97 Å². The Labute approximate surface area is 162 Å². The number of benzene rings is 2. The number of methoxy groups -OCH3 is 1. The zero-order valence-electron chi connectivity index (χ0n) is 16.9. The maximum Gasteiger partial charge on any atom is 0.343 e. The Kier molecular flexibility index (Phi) is 7.28. The van der Waals surface area contributed by atoms with Crippen molar-refractivity contribution in [3.63, 3.8) is 0 Å². The van der Waals surface area contributed by atoms with Crippen LogP contribution in [-0.2, 0) is 9.53 Å². The van der Waals surface area contributed by atoms with Crippen molar-refractivity contribution < 1.29 is 19.4 Å². The van der Waals surface area contributed by atoms with E-state index in [1.807, 2.05) is 26.0 Å². The third-order valence-corrected chi connectivity index (χ3v) is 5.16. The molecule has 2 rings (SSSR count). The minimum atomic E-state index is -0.387. The molecule has 0 heterocycles. The summed E-state index contributed by atoms with van der Waals surface area (Å²) in [5.41, 5.74) is 4.46. The van der Waals surface area contributed by atoms with Crippen molar-refractivity contribution in [1.82, 2.24) is 0 Å². The zero-order valence-corrected chi connectivity index (χ0v) is 16.9. The van der Waals surface area contributed by atoms with Crippen molar-refractivity contribution in [2.75, 3.05) is 13.7 Å². The van der Waals surface area contributed by atoms with Crippen LogP contribution in [-0.4, -0.2) is 24.8 Å². The molecule has 2 aromatic carbocycles. The Morgan fingerprint density at radius 1 is 1.07 bits per heavy atom. The first-order valence-electron chi connectivity index (χ1n) is 9.45. The molecular weight excluding hydrogens is 340 g/mol. The number of carbonyl (C=O) groups is 1. The molecule has 0 spiro atoms. The van der Waals surface area contributed by atoms with Crippen LogP contribution in [0.1, 0.15) is 60.8 Å². The van der Waals surface area contributed by atoms with E-state index in [4.69, 9.17) is 4.74 Å². The molecule has 0 radical (unpaired) electrons. The van der Waals surface area contributed by atoms with Crippen LogP contribution in [0.3, 0.4) is 0 Å². The maximum absolute atomic E-state index is 11.2. The van der Waals surface area contributed by atoms with Gasteiger partial charge < -0.3 is 14.6 Å². The number of ether oxygens (including phenoxy) is 2. The number of hydrogen-bond donors (Lipinski definition) is 1. The van der Waals surface area contributed by atoms with Gasteiger partial charge in [-0.15, -0.1) is 0 Å². The first kappa shape index (κ1) is 20.8. The van der Waals surface area contributed by atoms with Gasteiger partial charge in [0.1, 0.15) is 11.5 Å². The monoisotopic (exact) mass is 370 g/mol. The normalized spacial score (nSPS) is 13.1. The van der Waals surface area contributed by atoms with Crippen molar-refractivity contribution in [2.24, 2.45) is 0 Å². The average Bonchev–Trinajstić information content (AvgIpc) is 2.66. The molecule has 27 heavy (non-hydrogen) atoms. The summed E-state index contributed by atoms with van der Waals surface area (Å²) < 4.78 is 10.1. The number of aryl methyl sites for hydroxylation is 2. The van der Waals surface area contributed by atoms with Crippen LogP contribution in [0.2, 0.25) is 0 Å². The molecule has 0 amide bonds. The highest BCUT2D eigenvalue weighted by Crippen LogP contribution is 2.34. The molecule has 2 aromatic rings. The number of esters is 1. The van der Waals surface area contributed by atoms with Gasteiger partial charge in [-0.25, -0.2) is 4.79 Å². The Morgan fingerprint density at radius 3 is 2.33 bits per heavy atom. The van der Waals surface area contributed by atoms with Crippen LogP contribution in [0, 0.1) is 13.8 Å². The van der Waals surface area contributed by atoms with Crippen LogP contribution >= 0.6 is 0 Å². The van der Waals surface area contributed by atoms with Crippen LogP contribution in [0.25, 0.3) is 0 Å². The average molecular weight is 370 g/mol. The highest BCUT2D eigenvalue weighted by molar-refractivity contribution is 5.70. The summed E-state index contributed by atoms with van der Waals surface area (Å²) in [5, 5.41) is 9.77. The smallest absolute Gasteiger partial charge is 0.343 e. The summed E-state index contributed by atoms with van der Waals surface area (Å²) >= 11 is 0. The summed E-state index contributed by atoms with van der Waals surface area (Å²) in [5.74, 6) is 1.49. The Morgan fingerprint density at radius 2 is 1.74 bits per heavy atom. The first-order valence-corrected chi connectivity index (χ1v) is 9.45. The summed E-state index contributed by atoms with van der Waals surface area (Å²) in [6, 6.07) is 12.0. The molecule has 1 N–H and O–H groups in total. The lowest BCUT2D eigenvalue weighted by molar-refractivity contribution is -0.142. The van der Waals surface area contributed by atoms with Crippen molar-refractivity contribution >= 4 is 5.97 Å². The van der Waals surface area contributed by atoms with Crippen LogP contribution in [0.4, 0.5) is 0 Å². The van der Waals surface area contributed by atoms with Crippen LogP contribution < -0.4 is 4.74 Å². The number of hydrogen-bond acceptors (Lipinski definition) is 4. The number of aromatic hydroxyl groups is 1. The number of carbonyl (C=O) groups excluding carboxylic acids is 1. The highest BCUT2D eigenvalue weighted by Gasteiger charge is 2.17. The molecule has 0 saturated heterocycles. The van der Waals surface area contributed by atoms with E-state index in [-0.39, 0.29) is 12.6 Å². The van der Waals surface area contributed by atoms with Crippen LogP contribution in [0.5, 0.6) is 11.5 Å². The van der Waals surface area contributed by atoms with E-state index in [9.17, 15) is 9.90 Å². The predicted octanol–water partition coefficient (Wildman–Crippen LogP) is 5.25. The van der Waals surface area contributed by atoms with Gasteiger partial charge in [0.15, 0.2) is 6.61 Å². The lowest BCUT2D eigenvalue weighted by Crippen LogP contribution is -2.13. The van der Waals surface area contributed by atoms with E-state index in [1.54, 1.807) is 6.07 Å². The zero-order chi connectivity index (χ0) is 20.0.